The van der Waals surface area contributed by atoms with Gasteiger partial charge in [-0.2, -0.15) is 0 Å². The zero-order valence-corrected chi connectivity index (χ0v) is 17.9. The Balaban J connectivity index is 1.32. The summed E-state index contributed by atoms with van der Waals surface area (Å²) >= 11 is 0. The molecule has 1 aliphatic heterocycles. The van der Waals surface area contributed by atoms with Crippen molar-refractivity contribution in [3.63, 3.8) is 0 Å². The van der Waals surface area contributed by atoms with Gasteiger partial charge in [-0.05, 0) is 34.5 Å². The van der Waals surface area contributed by atoms with Crippen molar-refractivity contribution in [2.75, 3.05) is 26.3 Å². The second-order valence-corrected chi connectivity index (χ2v) is 7.68. The maximum atomic E-state index is 13.6. The van der Waals surface area contributed by atoms with Crippen LogP contribution in [0.3, 0.4) is 0 Å². The standard InChI is InChI=1S/C25H23N5O3/c31-25(22(20-10-5-2-6-11-20)16-19-8-3-1-4-9-19)29-14-15-32-21(17-29)18-33-30-24-23(27-28-30)12-7-13-26-24/h1-13,16,21H,14-15,17-18H2/b22-16+. The molecule has 5 rings (SSSR count). The second kappa shape index (κ2) is 9.62. The zero-order valence-electron chi connectivity index (χ0n) is 17.9. The van der Waals surface area contributed by atoms with Crippen LogP contribution in [0.2, 0.25) is 0 Å². The van der Waals surface area contributed by atoms with E-state index in [1.165, 1.54) is 4.85 Å². The summed E-state index contributed by atoms with van der Waals surface area (Å²) < 4.78 is 5.85. The number of carbonyl (C=O) groups excluding carboxylic acids is 1. The van der Waals surface area contributed by atoms with E-state index in [2.05, 4.69) is 15.3 Å². The molecule has 1 unspecified atom stereocenters. The van der Waals surface area contributed by atoms with Crippen LogP contribution in [0.25, 0.3) is 22.8 Å². The van der Waals surface area contributed by atoms with Gasteiger partial charge in [0.2, 0.25) is 5.65 Å². The molecule has 0 bridgehead atoms. The van der Waals surface area contributed by atoms with Gasteiger partial charge in [0.05, 0.1) is 13.2 Å². The molecule has 33 heavy (non-hydrogen) atoms. The number of hydrogen-bond acceptors (Lipinski definition) is 6. The lowest BCUT2D eigenvalue weighted by molar-refractivity contribution is -0.135. The first-order valence-corrected chi connectivity index (χ1v) is 10.8. The Kier molecular flexibility index (Phi) is 6.08. The minimum Gasteiger partial charge on any atom is -0.391 e. The van der Waals surface area contributed by atoms with Gasteiger partial charge in [0, 0.05) is 18.3 Å². The molecule has 1 atom stereocenters. The molecule has 1 amide bonds. The smallest absolute Gasteiger partial charge is 0.254 e. The van der Waals surface area contributed by atoms with Crippen LogP contribution >= 0.6 is 0 Å². The number of hydrogen-bond donors (Lipinski definition) is 0. The quantitative estimate of drug-likeness (QED) is 0.338. The van der Waals surface area contributed by atoms with Gasteiger partial charge in [0.1, 0.15) is 18.2 Å². The predicted molar refractivity (Wildman–Crippen MR) is 124 cm³/mol. The lowest BCUT2D eigenvalue weighted by atomic mass is 10.0. The average Bonchev–Trinajstić information content (AvgIpc) is 3.30. The molecule has 8 heteroatoms. The van der Waals surface area contributed by atoms with Crippen molar-refractivity contribution in [3.8, 4) is 0 Å². The number of nitrogens with zero attached hydrogens (tertiary/aromatic N) is 5. The molecule has 0 N–H and O–H groups in total. The van der Waals surface area contributed by atoms with Crippen molar-refractivity contribution in [3.05, 3.63) is 90.1 Å². The topological polar surface area (TPSA) is 82.4 Å². The van der Waals surface area contributed by atoms with Crippen LogP contribution in [-0.2, 0) is 9.53 Å². The second-order valence-electron chi connectivity index (χ2n) is 7.68. The summed E-state index contributed by atoms with van der Waals surface area (Å²) in [4.78, 5) is 26.7. The van der Waals surface area contributed by atoms with Gasteiger partial charge in [-0.1, -0.05) is 65.5 Å². The number of morpholine rings is 1. The molecule has 1 saturated heterocycles. The number of pyridine rings is 1. The molecule has 0 aliphatic carbocycles. The fourth-order valence-corrected chi connectivity index (χ4v) is 3.76. The van der Waals surface area contributed by atoms with Crippen molar-refractivity contribution in [2.45, 2.75) is 6.10 Å². The molecule has 166 valence electrons. The Morgan fingerprint density at radius 2 is 1.85 bits per heavy atom. The molecule has 0 spiro atoms. The third kappa shape index (κ3) is 4.75. The molecular weight excluding hydrogens is 418 g/mol. The third-order valence-corrected chi connectivity index (χ3v) is 5.42. The van der Waals surface area contributed by atoms with Crippen molar-refractivity contribution < 1.29 is 14.4 Å². The van der Waals surface area contributed by atoms with E-state index in [9.17, 15) is 4.79 Å². The Morgan fingerprint density at radius 1 is 1.06 bits per heavy atom. The molecule has 1 aliphatic rings. The van der Waals surface area contributed by atoms with E-state index in [0.717, 1.165) is 11.1 Å². The van der Waals surface area contributed by atoms with Crippen LogP contribution in [-0.4, -0.2) is 63.4 Å². The maximum Gasteiger partial charge on any atom is 0.254 e. The molecular formula is C25H23N5O3. The summed E-state index contributed by atoms with van der Waals surface area (Å²) in [5.41, 5.74) is 3.69. The molecule has 2 aromatic carbocycles. The third-order valence-electron chi connectivity index (χ3n) is 5.42. The Bertz CT molecular complexity index is 1260. The lowest BCUT2D eigenvalue weighted by Gasteiger charge is -2.33. The summed E-state index contributed by atoms with van der Waals surface area (Å²) in [7, 11) is 0. The highest BCUT2D eigenvalue weighted by atomic mass is 16.7. The van der Waals surface area contributed by atoms with Gasteiger partial charge in [0.25, 0.3) is 5.91 Å². The van der Waals surface area contributed by atoms with Crippen LogP contribution in [0, 0.1) is 0 Å². The van der Waals surface area contributed by atoms with E-state index in [0.29, 0.717) is 36.4 Å². The first kappa shape index (κ1) is 20.8. The van der Waals surface area contributed by atoms with Gasteiger partial charge in [-0.3, -0.25) is 4.79 Å². The normalized spacial score (nSPS) is 16.7. The monoisotopic (exact) mass is 441 g/mol. The van der Waals surface area contributed by atoms with E-state index >= 15 is 0 Å². The highest BCUT2D eigenvalue weighted by molar-refractivity contribution is 6.24. The SMILES string of the molecule is O=C(/C(=C/c1ccccc1)c1ccccc1)N1CCOC(COn2nnc3cccnc32)C1. The summed E-state index contributed by atoms with van der Waals surface area (Å²) in [5, 5.41) is 8.02. The van der Waals surface area contributed by atoms with Crippen molar-refractivity contribution in [1.29, 1.82) is 0 Å². The largest absolute Gasteiger partial charge is 0.391 e. The number of fused-ring (bicyclic) bond motifs is 1. The number of carbonyl (C=O) groups is 1. The summed E-state index contributed by atoms with van der Waals surface area (Å²) in [6, 6.07) is 23.2. The molecule has 1 fully saturated rings. The molecule has 0 radical (unpaired) electrons. The first-order chi connectivity index (χ1) is 16.3. The summed E-state index contributed by atoms with van der Waals surface area (Å²) in [6.07, 6.45) is 3.30. The number of aromatic nitrogens is 4. The highest BCUT2D eigenvalue weighted by Gasteiger charge is 2.28. The van der Waals surface area contributed by atoms with E-state index in [1.807, 2.05) is 77.7 Å². The number of ether oxygens (including phenoxy) is 1. The fraction of sp³-hybridized carbons (Fsp3) is 0.200. The van der Waals surface area contributed by atoms with Gasteiger partial charge in [-0.15, -0.1) is 5.10 Å². The van der Waals surface area contributed by atoms with Gasteiger partial charge < -0.3 is 14.5 Å². The number of amides is 1. The number of benzene rings is 2. The maximum absolute atomic E-state index is 13.6. The van der Waals surface area contributed by atoms with Gasteiger partial charge in [-0.25, -0.2) is 4.98 Å². The predicted octanol–water partition coefficient (Wildman–Crippen LogP) is 2.72. The highest BCUT2D eigenvalue weighted by Crippen LogP contribution is 2.22. The minimum absolute atomic E-state index is 0.0359. The van der Waals surface area contributed by atoms with Gasteiger partial charge >= 0.3 is 0 Å². The van der Waals surface area contributed by atoms with Crippen molar-refractivity contribution in [2.24, 2.45) is 0 Å². The van der Waals surface area contributed by atoms with E-state index in [1.54, 1.807) is 12.3 Å². The van der Waals surface area contributed by atoms with Crippen LogP contribution in [0.4, 0.5) is 0 Å². The zero-order chi connectivity index (χ0) is 22.5. The van der Waals surface area contributed by atoms with E-state index < -0.39 is 0 Å². The average molecular weight is 441 g/mol. The van der Waals surface area contributed by atoms with Crippen molar-refractivity contribution in [1.82, 2.24) is 25.0 Å². The van der Waals surface area contributed by atoms with Crippen molar-refractivity contribution >= 4 is 28.7 Å². The molecule has 8 nitrogen and oxygen atoms in total. The minimum atomic E-state index is -0.292. The van der Waals surface area contributed by atoms with Crippen LogP contribution in [0.15, 0.2) is 79.0 Å². The van der Waals surface area contributed by atoms with Crippen LogP contribution < -0.4 is 4.84 Å². The molecule has 3 heterocycles. The first-order valence-electron chi connectivity index (χ1n) is 10.8. The van der Waals surface area contributed by atoms with Gasteiger partial charge in [0.15, 0.2) is 0 Å². The number of rotatable bonds is 6. The lowest BCUT2D eigenvalue weighted by Crippen LogP contribution is -2.48. The fourth-order valence-electron chi connectivity index (χ4n) is 3.76. The molecule has 0 saturated carbocycles. The van der Waals surface area contributed by atoms with Crippen LogP contribution in [0.5, 0.6) is 0 Å². The van der Waals surface area contributed by atoms with Crippen LogP contribution in [0.1, 0.15) is 11.1 Å². The summed E-state index contributed by atoms with van der Waals surface area (Å²) in [5.74, 6) is -0.0359. The van der Waals surface area contributed by atoms with E-state index in [4.69, 9.17) is 9.57 Å². The Labute approximate surface area is 191 Å². The molecule has 2 aromatic heterocycles. The molecule has 4 aromatic rings. The Morgan fingerprint density at radius 3 is 2.67 bits per heavy atom. The summed E-state index contributed by atoms with van der Waals surface area (Å²) in [6.45, 7) is 1.59. The van der Waals surface area contributed by atoms with E-state index in [-0.39, 0.29) is 18.6 Å². The Hall–Kier alpha value is -4.04.